The lowest BCUT2D eigenvalue weighted by Gasteiger charge is -2.14. The second-order valence-corrected chi connectivity index (χ2v) is 7.33. The molecule has 1 amide bonds. The summed E-state index contributed by atoms with van der Waals surface area (Å²) in [5.41, 5.74) is 5.02. The van der Waals surface area contributed by atoms with Gasteiger partial charge in [-0.25, -0.2) is 4.98 Å². The summed E-state index contributed by atoms with van der Waals surface area (Å²) in [6.45, 7) is 4.20. The van der Waals surface area contributed by atoms with Gasteiger partial charge in [-0.05, 0) is 36.1 Å². The monoisotopic (exact) mass is 384 g/mol. The SMILES string of the molecule is CCc1cccc(CC)c1NC(=O)Cc1csc(-c2cccc(Cl)c2)n1. The maximum atomic E-state index is 12.6. The number of hydrogen-bond donors (Lipinski definition) is 1. The number of aryl methyl sites for hydroxylation is 2. The molecule has 0 radical (unpaired) electrons. The topological polar surface area (TPSA) is 42.0 Å². The summed E-state index contributed by atoms with van der Waals surface area (Å²) < 4.78 is 0. The molecule has 0 aliphatic heterocycles. The van der Waals surface area contributed by atoms with Crippen molar-refractivity contribution in [1.29, 1.82) is 0 Å². The largest absolute Gasteiger partial charge is 0.325 e. The summed E-state index contributed by atoms with van der Waals surface area (Å²) in [4.78, 5) is 17.1. The van der Waals surface area contributed by atoms with Crippen LogP contribution in [0.3, 0.4) is 0 Å². The van der Waals surface area contributed by atoms with E-state index in [1.165, 1.54) is 11.3 Å². The van der Waals surface area contributed by atoms with E-state index in [4.69, 9.17) is 11.6 Å². The van der Waals surface area contributed by atoms with Gasteiger partial charge in [-0.3, -0.25) is 4.79 Å². The van der Waals surface area contributed by atoms with Crippen molar-refractivity contribution in [3.8, 4) is 10.6 Å². The molecular weight excluding hydrogens is 364 g/mol. The highest BCUT2D eigenvalue weighted by Gasteiger charge is 2.13. The van der Waals surface area contributed by atoms with Gasteiger partial charge in [-0.1, -0.05) is 55.8 Å². The van der Waals surface area contributed by atoms with Crippen LogP contribution in [-0.2, 0) is 24.1 Å². The summed E-state index contributed by atoms with van der Waals surface area (Å²) in [7, 11) is 0. The van der Waals surface area contributed by atoms with Crippen LogP contribution < -0.4 is 5.32 Å². The number of carbonyl (C=O) groups is 1. The Morgan fingerprint density at radius 1 is 1.12 bits per heavy atom. The fourth-order valence-electron chi connectivity index (χ4n) is 2.89. The van der Waals surface area contributed by atoms with Crippen molar-refractivity contribution in [3.63, 3.8) is 0 Å². The molecule has 134 valence electrons. The predicted molar refractivity (Wildman–Crippen MR) is 110 cm³/mol. The third-order valence-electron chi connectivity index (χ3n) is 4.23. The third-order valence-corrected chi connectivity index (χ3v) is 5.40. The third kappa shape index (κ3) is 4.32. The number of halogens is 1. The number of benzene rings is 2. The quantitative estimate of drug-likeness (QED) is 0.586. The molecule has 0 unspecified atom stereocenters. The number of carbonyl (C=O) groups excluding carboxylic acids is 1. The van der Waals surface area contributed by atoms with Crippen LogP contribution in [0.1, 0.15) is 30.7 Å². The van der Waals surface area contributed by atoms with E-state index in [2.05, 4.69) is 36.3 Å². The van der Waals surface area contributed by atoms with Crippen LogP contribution in [0.5, 0.6) is 0 Å². The van der Waals surface area contributed by atoms with Crippen LogP contribution >= 0.6 is 22.9 Å². The molecule has 0 saturated heterocycles. The number of nitrogens with one attached hydrogen (secondary N) is 1. The molecule has 0 spiro atoms. The van der Waals surface area contributed by atoms with E-state index < -0.39 is 0 Å². The highest BCUT2D eigenvalue weighted by atomic mass is 35.5. The molecule has 2 aromatic carbocycles. The highest BCUT2D eigenvalue weighted by Crippen LogP contribution is 2.27. The van der Waals surface area contributed by atoms with Crippen LogP contribution in [0.4, 0.5) is 5.69 Å². The first-order valence-electron chi connectivity index (χ1n) is 8.71. The Morgan fingerprint density at radius 3 is 2.46 bits per heavy atom. The number of nitrogens with zero attached hydrogens (tertiary/aromatic N) is 1. The number of anilines is 1. The minimum atomic E-state index is -0.0384. The van der Waals surface area contributed by atoms with Crippen LogP contribution in [0, 0.1) is 0 Å². The number of para-hydroxylation sites is 1. The molecule has 0 bridgehead atoms. The fraction of sp³-hybridized carbons (Fsp3) is 0.238. The van der Waals surface area contributed by atoms with Gasteiger partial charge in [-0.15, -0.1) is 11.3 Å². The van der Waals surface area contributed by atoms with Gasteiger partial charge in [0.15, 0.2) is 0 Å². The zero-order valence-corrected chi connectivity index (χ0v) is 16.5. The van der Waals surface area contributed by atoms with E-state index in [0.717, 1.165) is 45.9 Å². The average Bonchev–Trinajstić information content (AvgIpc) is 3.10. The first kappa shape index (κ1) is 18.6. The minimum Gasteiger partial charge on any atom is -0.325 e. The summed E-state index contributed by atoms with van der Waals surface area (Å²) in [5.74, 6) is -0.0384. The highest BCUT2D eigenvalue weighted by molar-refractivity contribution is 7.13. The number of aromatic nitrogens is 1. The summed E-state index contributed by atoms with van der Waals surface area (Å²) in [5, 5.41) is 6.58. The second kappa shape index (κ2) is 8.47. The van der Waals surface area contributed by atoms with E-state index in [1.807, 2.05) is 35.7 Å². The van der Waals surface area contributed by atoms with Gasteiger partial charge in [0.1, 0.15) is 5.01 Å². The molecule has 1 N–H and O–H groups in total. The Bertz CT molecular complexity index is 898. The first-order chi connectivity index (χ1) is 12.6. The number of amides is 1. The molecule has 0 atom stereocenters. The van der Waals surface area contributed by atoms with E-state index in [0.29, 0.717) is 5.02 Å². The molecule has 0 aliphatic rings. The minimum absolute atomic E-state index is 0.0384. The van der Waals surface area contributed by atoms with E-state index in [1.54, 1.807) is 0 Å². The Hall–Kier alpha value is -2.17. The maximum absolute atomic E-state index is 12.6. The smallest absolute Gasteiger partial charge is 0.230 e. The van der Waals surface area contributed by atoms with Gasteiger partial charge in [-0.2, -0.15) is 0 Å². The van der Waals surface area contributed by atoms with Crippen LogP contribution in [-0.4, -0.2) is 10.9 Å². The molecule has 26 heavy (non-hydrogen) atoms. The molecule has 1 aromatic heterocycles. The normalized spacial score (nSPS) is 10.7. The number of hydrogen-bond acceptors (Lipinski definition) is 3. The zero-order chi connectivity index (χ0) is 18.5. The van der Waals surface area contributed by atoms with Gasteiger partial charge in [0.25, 0.3) is 0 Å². The predicted octanol–water partition coefficient (Wildman–Crippen LogP) is 5.77. The van der Waals surface area contributed by atoms with Gasteiger partial charge < -0.3 is 5.32 Å². The molecule has 5 heteroatoms. The van der Waals surface area contributed by atoms with Crippen LogP contribution in [0.15, 0.2) is 47.8 Å². The maximum Gasteiger partial charge on any atom is 0.230 e. The lowest BCUT2D eigenvalue weighted by molar-refractivity contribution is -0.115. The Labute approximate surface area is 163 Å². The number of thiazole rings is 1. The molecule has 0 fully saturated rings. The molecule has 0 aliphatic carbocycles. The van der Waals surface area contributed by atoms with Gasteiger partial charge in [0, 0.05) is 21.7 Å². The number of rotatable bonds is 6. The standard InChI is InChI=1S/C21H21ClN2OS/c1-3-14-7-5-8-15(4-2)20(14)24-19(25)12-18-13-26-21(23-18)16-9-6-10-17(22)11-16/h5-11,13H,3-4,12H2,1-2H3,(H,24,25). The van der Waals surface area contributed by atoms with E-state index in [-0.39, 0.29) is 12.3 Å². The Morgan fingerprint density at radius 2 is 1.81 bits per heavy atom. The van der Waals surface area contributed by atoms with Crippen LogP contribution in [0.25, 0.3) is 10.6 Å². The van der Waals surface area contributed by atoms with Crippen molar-refractivity contribution in [2.45, 2.75) is 33.1 Å². The zero-order valence-electron chi connectivity index (χ0n) is 14.9. The van der Waals surface area contributed by atoms with Crippen molar-refractivity contribution in [2.75, 3.05) is 5.32 Å². The molecule has 3 rings (SSSR count). The van der Waals surface area contributed by atoms with E-state index >= 15 is 0 Å². The fourth-order valence-corrected chi connectivity index (χ4v) is 3.90. The van der Waals surface area contributed by atoms with Gasteiger partial charge in [0.2, 0.25) is 5.91 Å². The van der Waals surface area contributed by atoms with Crippen molar-refractivity contribution in [3.05, 3.63) is 69.7 Å². The molecular formula is C21H21ClN2OS. The molecule has 0 saturated carbocycles. The molecule has 1 heterocycles. The van der Waals surface area contributed by atoms with Crippen molar-refractivity contribution < 1.29 is 4.79 Å². The lowest BCUT2D eigenvalue weighted by Crippen LogP contribution is -2.17. The van der Waals surface area contributed by atoms with Crippen molar-refractivity contribution in [2.24, 2.45) is 0 Å². The second-order valence-electron chi connectivity index (χ2n) is 6.04. The molecule has 3 nitrogen and oxygen atoms in total. The Balaban J connectivity index is 1.74. The Kier molecular flexibility index (Phi) is 6.07. The lowest BCUT2D eigenvalue weighted by atomic mass is 10.0. The summed E-state index contributed by atoms with van der Waals surface area (Å²) in [6, 6.07) is 13.8. The van der Waals surface area contributed by atoms with Gasteiger partial charge in [0.05, 0.1) is 12.1 Å². The average molecular weight is 385 g/mol. The molecule has 3 aromatic rings. The summed E-state index contributed by atoms with van der Waals surface area (Å²) in [6.07, 6.45) is 2.04. The van der Waals surface area contributed by atoms with Gasteiger partial charge >= 0.3 is 0 Å². The first-order valence-corrected chi connectivity index (χ1v) is 9.97. The van der Waals surface area contributed by atoms with Crippen LogP contribution in [0.2, 0.25) is 5.02 Å². The van der Waals surface area contributed by atoms with Crippen molar-refractivity contribution >= 4 is 34.5 Å². The summed E-state index contributed by atoms with van der Waals surface area (Å²) >= 11 is 7.57. The van der Waals surface area contributed by atoms with E-state index in [9.17, 15) is 4.79 Å². The van der Waals surface area contributed by atoms with Crippen molar-refractivity contribution in [1.82, 2.24) is 4.98 Å².